The summed E-state index contributed by atoms with van der Waals surface area (Å²) < 4.78 is 0. The lowest BCUT2D eigenvalue weighted by Gasteiger charge is -2.29. The average Bonchev–Trinajstić information content (AvgIpc) is 2.45. The molecule has 19 heavy (non-hydrogen) atoms. The molecule has 2 rings (SSSR count). The van der Waals surface area contributed by atoms with Crippen LogP contribution in [0.15, 0.2) is 36.5 Å². The number of hydrogen-bond donors (Lipinski definition) is 2. The largest absolute Gasteiger partial charge is 0.355 e. The number of amides is 1. The zero-order chi connectivity index (χ0) is 13.7. The molecular formula is C15H20N2OS. The Hall–Kier alpha value is -1.42. The van der Waals surface area contributed by atoms with E-state index in [2.05, 4.69) is 66.3 Å². The molecule has 1 heterocycles. The molecule has 102 valence electrons. The number of fused-ring (bicyclic) bond motifs is 1. The molecule has 1 N–H and O–H groups in total. The number of carbonyl (C=O) groups excluding carboxylic acids is 1. The minimum absolute atomic E-state index is 0.00783. The standard InChI is InChI=1S/C15H20N2OS/c1-12-7-10-17(9-4-8-16-15(18)11-19)14-6-3-2-5-13(12)14/h2-3,5-7,10,12,19H,4,8-9,11H2,1H3,(H,16,18). The third kappa shape index (κ3) is 3.53. The smallest absolute Gasteiger partial charge is 0.229 e. The maximum Gasteiger partial charge on any atom is 0.229 e. The van der Waals surface area contributed by atoms with Gasteiger partial charge in [-0.05, 0) is 18.1 Å². The van der Waals surface area contributed by atoms with Crippen molar-refractivity contribution in [2.24, 2.45) is 0 Å². The van der Waals surface area contributed by atoms with Gasteiger partial charge in [0.2, 0.25) is 5.91 Å². The first-order valence-corrected chi connectivity index (χ1v) is 7.27. The van der Waals surface area contributed by atoms with Gasteiger partial charge in [0, 0.05) is 30.9 Å². The Balaban J connectivity index is 1.91. The molecule has 0 spiro atoms. The van der Waals surface area contributed by atoms with E-state index in [1.54, 1.807) is 0 Å². The molecule has 0 bridgehead atoms. The summed E-state index contributed by atoms with van der Waals surface area (Å²) >= 11 is 3.93. The van der Waals surface area contributed by atoms with E-state index in [4.69, 9.17) is 0 Å². The lowest BCUT2D eigenvalue weighted by Crippen LogP contribution is -2.29. The molecule has 0 saturated carbocycles. The predicted molar refractivity (Wildman–Crippen MR) is 82.8 cm³/mol. The van der Waals surface area contributed by atoms with Crippen LogP contribution >= 0.6 is 12.6 Å². The van der Waals surface area contributed by atoms with Crippen LogP contribution in [0.5, 0.6) is 0 Å². The van der Waals surface area contributed by atoms with Crippen molar-refractivity contribution in [2.45, 2.75) is 19.3 Å². The summed E-state index contributed by atoms with van der Waals surface area (Å²) in [7, 11) is 0. The van der Waals surface area contributed by atoms with Crippen LogP contribution in [0.1, 0.15) is 24.8 Å². The first kappa shape index (κ1) is 14.0. The van der Waals surface area contributed by atoms with Gasteiger partial charge in [0.1, 0.15) is 0 Å². The maximum absolute atomic E-state index is 11.1. The predicted octanol–water partition coefficient (Wildman–Crippen LogP) is 2.56. The van der Waals surface area contributed by atoms with E-state index >= 15 is 0 Å². The van der Waals surface area contributed by atoms with Gasteiger partial charge in [0.25, 0.3) is 0 Å². The SMILES string of the molecule is CC1C=CN(CCCNC(=O)CS)c2ccccc21. The molecule has 0 aliphatic carbocycles. The van der Waals surface area contributed by atoms with Crippen LogP contribution in [0.3, 0.4) is 0 Å². The van der Waals surface area contributed by atoms with Crippen LogP contribution in [-0.4, -0.2) is 24.7 Å². The van der Waals surface area contributed by atoms with E-state index < -0.39 is 0 Å². The van der Waals surface area contributed by atoms with Gasteiger partial charge in [-0.3, -0.25) is 4.79 Å². The summed E-state index contributed by atoms with van der Waals surface area (Å²) in [5.74, 6) is 0.715. The third-order valence-corrected chi connectivity index (χ3v) is 3.62. The zero-order valence-corrected chi connectivity index (χ0v) is 12.1. The van der Waals surface area contributed by atoms with Gasteiger partial charge in [-0.1, -0.05) is 31.2 Å². The highest BCUT2D eigenvalue weighted by Gasteiger charge is 2.16. The Morgan fingerprint density at radius 1 is 1.42 bits per heavy atom. The van der Waals surface area contributed by atoms with Gasteiger partial charge in [0.15, 0.2) is 0 Å². The third-order valence-electron chi connectivity index (χ3n) is 3.33. The van der Waals surface area contributed by atoms with E-state index in [1.165, 1.54) is 11.3 Å². The minimum atomic E-state index is -0.00783. The number of para-hydroxylation sites is 1. The van der Waals surface area contributed by atoms with E-state index in [9.17, 15) is 4.79 Å². The number of benzene rings is 1. The first-order chi connectivity index (χ1) is 9.22. The van der Waals surface area contributed by atoms with Gasteiger partial charge >= 0.3 is 0 Å². The molecule has 1 unspecified atom stereocenters. The van der Waals surface area contributed by atoms with Crippen LogP contribution in [0, 0.1) is 0 Å². The summed E-state index contributed by atoms with van der Waals surface area (Å²) in [4.78, 5) is 13.3. The monoisotopic (exact) mass is 276 g/mol. The second kappa shape index (κ2) is 6.66. The summed E-state index contributed by atoms with van der Waals surface area (Å²) in [5.41, 5.74) is 2.64. The Bertz CT molecular complexity index is 473. The van der Waals surface area contributed by atoms with Crippen molar-refractivity contribution in [3.05, 3.63) is 42.1 Å². The van der Waals surface area contributed by atoms with Crippen LogP contribution in [-0.2, 0) is 4.79 Å². The molecule has 1 atom stereocenters. The summed E-state index contributed by atoms with van der Waals surface area (Å²) in [5, 5.41) is 2.84. The number of anilines is 1. The Labute approximate surface area is 120 Å². The molecule has 1 aromatic rings. The molecule has 1 aromatic carbocycles. The Morgan fingerprint density at radius 2 is 2.21 bits per heavy atom. The number of carbonyl (C=O) groups is 1. The summed E-state index contributed by atoms with van der Waals surface area (Å²) in [6.45, 7) is 3.81. The van der Waals surface area contributed by atoms with Gasteiger partial charge in [-0.2, -0.15) is 12.6 Å². The lowest BCUT2D eigenvalue weighted by atomic mass is 9.96. The molecule has 0 aromatic heterocycles. The average molecular weight is 276 g/mol. The van der Waals surface area contributed by atoms with Gasteiger partial charge in [0.05, 0.1) is 5.75 Å². The first-order valence-electron chi connectivity index (χ1n) is 6.64. The second-order valence-electron chi connectivity index (χ2n) is 4.74. The molecule has 0 fully saturated rings. The minimum Gasteiger partial charge on any atom is -0.355 e. The van der Waals surface area contributed by atoms with Crippen molar-refractivity contribution < 1.29 is 4.79 Å². The molecule has 1 aliphatic rings. The topological polar surface area (TPSA) is 32.3 Å². The van der Waals surface area contributed by atoms with E-state index in [0.29, 0.717) is 12.5 Å². The summed E-state index contributed by atoms with van der Waals surface area (Å²) in [6.07, 6.45) is 5.29. The van der Waals surface area contributed by atoms with Gasteiger partial charge < -0.3 is 10.2 Å². The van der Waals surface area contributed by atoms with Gasteiger partial charge in [-0.15, -0.1) is 0 Å². The van der Waals surface area contributed by atoms with E-state index in [0.717, 1.165) is 13.0 Å². The number of nitrogens with one attached hydrogen (secondary N) is 1. The fourth-order valence-corrected chi connectivity index (χ4v) is 2.39. The number of allylic oxidation sites excluding steroid dienone is 1. The number of thiol groups is 1. The van der Waals surface area contributed by atoms with Crippen molar-refractivity contribution in [3.63, 3.8) is 0 Å². The number of rotatable bonds is 5. The molecule has 0 saturated heterocycles. The molecule has 1 aliphatic heterocycles. The summed E-state index contributed by atoms with van der Waals surface area (Å²) in [6, 6.07) is 8.49. The van der Waals surface area contributed by atoms with Crippen molar-refractivity contribution >= 4 is 24.2 Å². The zero-order valence-electron chi connectivity index (χ0n) is 11.2. The normalized spacial score (nSPS) is 17.2. The van der Waals surface area contributed by atoms with Crippen molar-refractivity contribution in [1.29, 1.82) is 0 Å². The molecule has 1 amide bonds. The van der Waals surface area contributed by atoms with Crippen molar-refractivity contribution in [2.75, 3.05) is 23.7 Å². The highest BCUT2D eigenvalue weighted by atomic mass is 32.1. The number of hydrogen-bond acceptors (Lipinski definition) is 3. The fraction of sp³-hybridized carbons (Fsp3) is 0.400. The molecular weight excluding hydrogens is 256 g/mol. The highest BCUT2D eigenvalue weighted by molar-refractivity contribution is 7.81. The molecule has 0 radical (unpaired) electrons. The molecule has 3 nitrogen and oxygen atoms in total. The quantitative estimate of drug-likeness (QED) is 0.640. The van der Waals surface area contributed by atoms with Crippen LogP contribution in [0.4, 0.5) is 5.69 Å². The highest BCUT2D eigenvalue weighted by Crippen LogP contribution is 2.32. The maximum atomic E-state index is 11.1. The van der Waals surface area contributed by atoms with Crippen molar-refractivity contribution in [3.8, 4) is 0 Å². The molecule has 4 heteroatoms. The second-order valence-corrected chi connectivity index (χ2v) is 5.06. The Kier molecular flexibility index (Phi) is 4.91. The van der Waals surface area contributed by atoms with E-state index in [1.807, 2.05) is 0 Å². The Morgan fingerprint density at radius 3 is 3.00 bits per heavy atom. The number of nitrogens with zero attached hydrogens (tertiary/aromatic N) is 1. The van der Waals surface area contributed by atoms with Crippen LogP contribution in [0.25, 0.3) is 0 Å². The van der Waals surface area contributed by atoms with E-state index in [-0.39, 0.29) is 11.7 Å². The lowest BCUT2D eigenvalue weighted by molar-refractivity contribution is -0.118. The fourth-order valence-electron chi connectivity index (χ4n) is 2.28. The van der Waals surface area contributed by atoms with Crippen LogP contribution in [0.2, 0.25) is 0 Å². The van der Waals surface area contributed by atoms with Crippen LogP contribution < -0.4 is 10.2 Å². The van der Waals surface area contributed by atoms with Gasteiger partial charge in [-0.25, -0.2) is 0 Å². The van der Waals surface area contributed by atoms with Crippen molar-refractivity contribution in [1.82, 2.24) is 5.32 Å².